The van der Waals surface area contributed by atoms with E-state index in [2.05, 4.69) is 32.5 Å². The molecule has 1 unspecified atom stereocenters. The van der Waals surface area contributed by atoms with Gasteiger partial charge in [-0.15, -0.1) is 11.3 Å². The number of thiophene rings is 1. The van der Waals surface area contributed by atoms with Crippen molar-refractivity contribution in [1.82, 2.24) is 24.8 Å². The van der Waals surface area contributed by atoms with Crippen molar-refractivity contribution in [3.8, 4) is 0 Å². The van der Waals surface area contributed by atoms with Crippen molar-refractivity contribution in [3.63, 3.8) is 0 Å². The fourth-order valence-corrected chi connectivity index (χ4v) is 4.90. The number of imidazole rings is 1. The van der Waals surface area contributed by atoms with E-state index in [9.17, 15) is 15.0 Å². The number of carbonyl (C=O) groups is 1. The van der Waals surface area contributed by atoms with Crippen LogP contribution in [-0.2, 0) is 16.0 Å². The molecule has 172 valence electrons. The molecule has 0 aromatic carbocycles. The van der Waals surface area contributed by atoms with Gasteiger partial charge in [-0.2, -0.15) is 0 Å². The van der Waals surface area contributed by atoms with Crippen LogP contribution in [0.15, 0.2) is 24.1 Å². The van der Waals surface area contributed by atoms with Gasteiger partial charge in [-0.05, 0) is 24.8 Å². The van der Waals surface area contributed by atoms with Crippen molar-refractivity contribution in [2.24, 2.45) is 0 Å². The fraction of sp³-hybridized carbons (Fsp3) is 0.500. The summed E-state index contributed by atoms with van der Waals surface area (Å²) in [5.41, 5.74) is 0.911. The molecule has 10 nitrogen and oxygen atoms in total. The number of nitrogens with zero attached hydrogens (tertiary/aromatic N) is 4. The molecule has 0 saturated carbocycles. The third-order valence-electron chi connectivity index (χ3n) is 5.44. The highest BCUT2D eigenvalue weighted by atomic mass is 35.5. The Balaban J connectivity index is 1.58. The minimum absolute atomic E-state index is 0.0756. The van der Waals surface area contributed by atoms with Gasteiger partial charge >= 0.3 is 0 Å². The van der Waals surface area contributed by atoms with E-state index >= 15 is 0 Å². The lowest BCUT2D eigenvalue weighted by molar-refractivity contribution is -0.137. The molecule has 32 heavy (non-hydrogen) atoms. The number of anilines is 1. The van der Waals surface area contributed by atoms with Gasteiger partial charge in [0.15, 0.2) is 29.3 Å². The molecule has 3 aromatic rings. The van der Waals surface area contributed by atoms with Crippen LogP contribution >= 0.6 is 22.9 Å². The highest BCUT2D eigenvalue weighted by molar-refractivity contribution is 7.10. The molecule has 1 saturated heterocycles. The summed E-state index contributed by atoms with van der Waals surface area (Å²) in [5.74, 6) is 0.0579. The summed E-state index contributed by atoms with van der Waals surface area (Å²) >= 11 is 7.86. The molecule has 5 atom stereocenters. The lowest BCUT2D eigenvalue weighted by atomic mass is 10.1. The number of amides is 1. The molecule has 4 N–H and O–H groups in total. The summed E-state index contributed by atoms with van der Waals surface area (Å²) in [5, 5.41) is 29.6. The molecular formula is C20H25ClN6O4S. The molecule has 1 aliphatic rings. The number of fused-ring (bicyclic) bond motifs is 1. The molecule has 12 heteroatoms. The Morgan fingerprint density at radius 3 is 2.81 bits per heavy atom. The molecule has 1 fully saturated rings. The topological polar surface area (TPSA) is 134 Å². The highest BCUT2D eigenvalue weighted by Crippen LogP contribution is 2.33. The molecule has 1 aliphatic heterocycles. The summed E-state index contributed by atoms with van der Waals surface area (Å²) in [6, 6.07) is 1.96. The van der Waals surface area contributed by atoms with E-state index in [0.717, 1.165) is 22.7 Å². The maximum atomic E-state index is 12.2. The van der Waals surface area contributed by atoms with Crippen LogP contribution in [0.5, 0.6) is 0 Å². The summed E-state index contributed by atoms with van der Waals surface area (Å²) in [7, 11) is 0. The molecule has 3 aromatic heterocycles. The Labute approximate surface area is 193 Å². The Morgan fingerprint density at radius 2 is 2.12 bits per heavy atom. The van der Waals surface area contributed by atoms with Gasteiger partial charge in [0.25, 0.3) is 5.91 Å². The Kier molecular flexibility index (Phi) is 6.91. The molecule has 0 aliphatic carbocycles. The lowest BCUT2D eigenvalue weighted by Crippen LogP contribution is -2.42. The summed E-state index contributed by atoms with van der Waals surface area (Å²) < 4.78 is 7.20. The number of hydrogen-bond acceptors (Lipinski definition) is 9. The van der Waals surface area contributed by atoms with Crippen LogP contribution in [-0.4, -0.2) is 66.5 Å². The average Bonchev–Trinajstić information content (AvgIpc) is 3.47. The minimum atomic E-state index is -1.37. The lowest BCUT2D eigenvalue weighted by Gasteiger charge is -2.18. The average molecular weight is 481 g/mol. The van der Waals surface area contributed by atoms with Gasteiger partial charge in [-0.1, -0.05) is 18.5 Å². The van der Waals surface area contributed by atoms with E-state index in [1.165, 1.54) is 17.2 Å². The smallest absolute Gasteiger partial charge is 0.252 e. The first-order valence-corrected chi connectivity index (χ1v) is 11.7. The Morgan fingerprint density at radius 1 is 1.31 bits per heavy atom. The molecular weight excluding hydrogens is 456 g/mol. The van der Waals surface area contributed by atoms with Crippen molar-refractivity contribution >= 4 is 45.8 Å². The normalized spacial score (nSPS) is 24.0. The van der Waals surface area contributed by atoms with Crippen LogP contribution in [0, 0.1) is 0 Å². The van der Waals surface area contributed by atoms with Gasteiger partial charge in [0, 0.05) is 23.9 Å². The number of hydrogen-bond donors (Lipinski definition) is 4. The second kappa shape index (κ2) is 9.67. The Hall–Kier alpha value is -2.31. The van der Waals surface area contributed by atoms with Gasteiger partial charge in [0.2, 0.25) is 0 Å². The number of nitrogens with one attached hydrogen (secondary N) is 2. The summed E-state index contributed by atoms with van der Waals surface area (Å²) in [6.45, 7) is 4.22. The largest absolute Gasteiger partial charge is 0.387 e. The number of likely N-dealkylation sites (N-methyl/N-ethyl adjacent to an activating group) is 1. The molecule has 0 radical (unpaired) electrons. The van der Waals surface area contributed by atoms with Crippen molar-refractivity contribution in [2.45, 2.75) is 57.3 Å². The first-order valence-electron chi connectivity index (χ1n) is 10.4. The van der Waals surface area contributed by atoms with Gasteiger partial charge in [0.1, 0.15) is 18.5 Å². The van der Waals surface area contributed by atoms with E-state index < -0.39 is 30.4 Å². The van der Waals surface area contributed by atoms with Crippen LogP contribution in [0.4, 0.5) is 5.82 Å². The van der Waals surface area contributed by atoms with Gasteiger partial charge in [-0.3, -0.25) is 9.36 Å². The van der Waals surface area contributed by atoms with Crippen LogP contribution < -0.4 is 10.6 Å². The quantitative estimate of drug-likeness (QED) is 0.383. The zero-order valence-corrected chi connectivity index (χ0v) is 19.2. The number of aliphatic hydroxyl groups excluding tert-OH is 2. The van der Waals surface area contributed by atoms with Gasteiger partial charge in [0.05, 0.1) is 11.3 Å². The zero-order valence-electron chi connectivity index (χ0n) is 17.6. The summed E-state index contributed by atoms with van der Waals surface area (Å²) in [4.78, 5) is 26.3. The molecule has 4 rings (SSSR count). The maximum Gasteiger partial charge on any atom is 0.252 e. The zero-order chi connectivity index (χ0) is 22.8. The van der Waals surface area contributed by atoms with Crippen LogP contribution in [0.3, 0.4) is 0 Å². The molecule has 0 bridgehead atoms. The third kappa shape index (κ3) is 4.30. The number of aromatic nitrogens is 4. The molecule has 1 amide bonds. The van der Waals surface area contributed by atoms with Gasteiger partial charge in [-0.25, -0.2) is 15.0 Å². The third-order valence-corrected chi connectivity index (χ3v) is 6.85. The monoisotopic (exact) mass is 480 g/mol. The maximum absolute atomic E-state index is 12.2. The predicted octanol–water partition coefficient (Wildman–Crippen LogP) is 1.73. The van der Waals surface area contributed by atoms with Crippen molar-refractivity contribution in [3.05, 3.63) is 34.0 Å². The van der Waals surface area contributed by atoms with Crippen LogP contribution in [0.2, 0.25) is 5.02 Å². The Bertz CT molecular complexity index is 1090. The van der Waals surface area contributed by atoms with Crippen LogP contribution in [0.25, 0.3) is 11.2 Å². The van der Waals surface area contributed by atoms with Crippen LogP contribution in [0.1, 0.15) is 31.4 Å². The summed E-state index contributed by atoms with van der Waals surface area (Å²) in [6.07, 6.45) is -0.465. The number of ether oxygens (including phenoxy) is 1. The number of aliphatic hydroxyl groups is 2. The highest BCUT2D eigenvalue weighted by Gasteiger charge is 2.47. The van der Waals surface area contributed by atoms with E-state index in [1.54, 1.807) is 18.3 Å². The number of halogens is 1. The van der Waals surface area contributed by atoms with Crippen molar-refractivity contribution < 1.29 is 19.7 Å². The van der Waals surface area contributed by atoms with Crippen molar-refractivity contribution in [2.75, 3.05) is 11.9 Å². The SMILES string of the molecule is CCNC(=O)[C@H]1O[C@@H](n2cnc3c(NC(CC)Cc4sccc4Cl)ncnc32)[C@H](O)[C@@H]1O. The van der Waals surface area contributed by atoms with Crippen molar-refractivity contribution in [1.29, 1.82) is 0 Å². The second-order valence-electron chi connectivity index (χ2n) is 7.51. The van der Waals surface area contributed by atoms with E-state index in [0.29, 0.717) is 23.5 Å². The predicted molar refractivity (Wildman–Crippen MR) is 121 cm³/mol. The molecule has 4 heterocycles. The van der Waals surface area contributed by atoms with Gasteiger partial charge < -0.3 is 25.6 Å². The first-order chi connectivity index (χ1) is 15.4. The van der Waals surface area contributed by atoms with E-state index in [-0.39, 0.29) is 6.04 Å². The standard InChI is InChI=1S/C20H25ClN6O4S/c1-3-10(7-12-11(21)5-6-32-12)26-17-13-18(24-8-23-17)27(9-25-13)20-15(29)14(28)16(31-20)19(30)22-4-2/h5-6,8-10,14-16,20,28-29H,3-4,7H2,1-2H3,(H,22,30)(H,23,24,26)/t10?,14-,15+,16-,20+/m0/s1. The number of carbonyl (C=O) groups excluding carboxylic acids is 1. The van der Waals surface area contributed by atoms with E-state index in [4.69, 9.17) is 16.3 Å². The second-order valence-corrected chi connectivity index (χ2v) is 8.92. The van der Waals surface area contributed by atoms with E-state index in [1.807, 2.05) is 11.4 Å². The minimum Gasteiger partial charge on any atom is -0.387 e. The first kappa shape index (κ1) is 22.9. The fourth-order valence-electron chi connectivity index (χ4n) is 3.71. The number of rotatable bonds is 8. The molecule has 0 spiro atoms.